The van der Waals surface area contributed by atoms with E-state index in [2.05, 4.69) is 0 Å². The molecule has 1 N–H and O–H groups in total. The topological polar surface area (TPSA) is 38.7 Å². The zero-order valence-corrected chi connectivity index (χ0v) is 7.28. The van der Waals surface area contributed by atoms with E-state index in [9.17, 15) is 5.11 Å². The molecule has 1 heterocycles. The zero-order chi connectivity index (χ0) is 9.26. The lowest BCUT2D eigenvalue weighted by Crippen LogP contribution is -2.03. The minimum Gasteiger partial charge on any atom is -0.509 e. The highest BCUT2D eigenvalue weighted by molar-refractivity contribution is 5.49. The van der Waals surface area contributed by atoms with Crippen LogP contribution in [0.5, 0.6) is 11.5 Å². The average Bonchev–Trinajstić information content (AvgIpc) is 2.16. The van der Waals surface area contributed by atoms with E-state index in [0.29, 0.717) is 17.9 Å². The summed E-state index contributed by atoms with van der Waals surface area (Å²) in [5.41, 5.74) is 0.944. The summed E-state index contributed by atoms with van der Waals surface area (Å²) in [5, 5.41) is 9.21. The maximum absolute atomic E-state index is 9.21. The van der Waals surface area contributed by atoms with Crippen LogP contribution in [0.15, 0.2) is 30.2 Å². The molecule has 0 fully saturated rings. The molecule has 0 saturated carbocycles. The van der Waals surface area contributed by atoms with Gasteiger partial charge in [0, 0.05) is 12.0 Å². The number of rotatable bonds is 1. The Labute approximate surface area is 76.2 Å². The first-order chi connectivity index (χ1) is 6.31. The van der Waals surface area contributed by atoms with Crippen molar-refractivity contribution < 1.29 is 14.6 Å². The number of ether oxygens (including phenoxy) is 2. The lowest BCUT2D eigenvalue weighted by atomic mass is 10.1. The van der Waals surface area contributed by atoms with Gasteiger partial charge in [-0.1, -0.05) is 12.1 Å². The highest BCUT2D eigenvalue weighted by Crippen LogP contribution is 2.34. The first-order valence-electron chi connectivity index (χ1n) is 4.02. The highest BCUT2D eigenvalue weighted by atomic mass is 16.5. The number of allylic oxidation sites excluding steroid dienone is 1. The molecule has 2 rings (SSSR count). The second-order valence-electron chi connectivity index (χ2n) is 2.85. The summed E-state index contributed by atoms with van der Waals surface area (Å²) in [7, 11) is 1.59. The van der Waals surface area contributed by atoms with Crippen LogP contribution in [0.2, 0.25) is 0 Å². The summed E-state index contributed by atoms with van der Waals surface area (Å²) in [5.74, 6) is 1.63. The second kappa shape index (κ2) is 3.01. The molecule has 0 spiro atoms. The normalized spacial score (nSPS) is 14.1. The van der Waals surface area contributed by atoms with Crippen molar-refractivity contribution in [2.75, 3.05) is 7.11 Å². The van der Waals surface area contributed by atoms with Gasteiger partial charge in [-0.15, -0.1) is 0 Å². The van der Waals surface area contributed by atoms with Crippen molar-refractivity contribution in [2.45, 2.75) is 6.42 Å². The predicted molar refractivity (Wildman–Crippen MR) is 48.0 cm³/mol. The van der Waals surface area contributed by atoms with Crippen LogP contribution in [0.3, 0.4) is 0 Å². The Bertz CT molecular complexity index is 355. The van der Waals surface area contributed by atoms with Crippen LogP contribution in [0.4, 0.5) is 0 Å². The number of methoxy groups -OCH3 is 1. The SMILES string of the molecule is COc1cccc2c1OC=C(O)C2. The molecule has 68 valence electrons. The number of fused-ring (bicyclic) bond motifs is 1. The molecule has 0 aromatic heterocycles. The Morgan fingerprint density at radius 1 is 1.46 bits per heavy atom. The van der Waals surface area contributed by atoms with Crippen molar-refractivity contribution in [3.63, 3.8) is 0 Å². The Morgan fingerprint density at radius 2 is 2.31 bits per heavy atom. The fourth-order valence-corrected chi connectivity index (χ4v) is 1.36. The molecule has 1 aromatic rings. The molecular formula is C10H10O3. The summed E-state index contributed by atoms with van der Waals surface area (Å²) >= 11 is 0. The van der Waals surface area contributed by atoms with E-state index in [1.165, 1.54) is 6.26 Å². The van der Waals surface area contributed by atoms with Crippen LogP contribution in [0, 0.1) is 0 Å². The van der Waals surface area contributed by atoms with Crippen molar-refractivity contribution in [1.82, 2.24) is 0 Å². The number of aliphatic hydroxyl groups excluding tert-OH is 1. The number of hydrogen-bond acceptors (Lipinski definition) is 3. The van der Waals surface area contributed by atoms with Crippen LogP contribution in [0.25, 0.3) is 0 Å². The molecule has 0 unspecified atom stereocenters. The molecule has 0 amide bonds. The Balaban J connectivity index is 2.45. The van der Waals surface area contributed by atoms with Gasteiger partial charge in [-0.2, -0.15) is 0 Å². The van der Waals surface area contributed by atoms with Gasteiger partial charge in [0.2, 0.25) is 0 Å². The zero-order valence-electron chi connectivity index (χ0n) is 7.28. The van der Waals surface area contributed by atoms with E-state index in [1.807, 2.05) is 18.2 Å². The summed E-state index contributed by atoms with van der Waals surface area (Å²) in [4.78, 5) is 0. The average molecular weight is 178 g/mol. The summed E-state index contributed by atoms with van der Waals surface area (Å²) in [6.07, 6.45) is 1.84. The van der Waals surface area contributed by atoms with Crippen molar-refractivity contribution in [1.29, 1.82) is 0 Å². The fraction of sp³-hybridized carbons (Fsp3) is 0.200. The fourth-order valence-electron chi connectivity index (χ4n) is 1.36. The van der Waals surface area contributed by atoms with Gasteiger partial charge >= 0.3 is 0 Å². The van der Waals surface area contributed by atoms with Crippen LogP contribution in [-0.4, -0.2) is 12.2 Å². The van der Waals surface area contributed by atoms with Crippen molar-refractivity contribution in [3.05, 3.63) is 35.8 Å². The molecule has 1 aliphatic heterocycles. The van der Waals surface area contributed by atoms with E-state index in [-0.39, 0.29) is 5.76 Å². The first-order valence-corrected chi connectivity index (χ1v) is 4.02. The molecule has 13 heavy (non-hydrogen) atoms. The molecule has 1 aliphatic rings. The summed E-state index contributed by atoms with van der Waals surface area (Å²) < 4.78 is 10.3. The maximum atomic E-state index is 9.21. The molecule has 0 saturated heterocycles. The summed E-state index contributed by atoms with van der Waals surface area (Å²) in [6, 6.07) is 5.61. The van der Waals surface area contributed by atoms with Gasteiger partial charge in [0.05, 0.1) is 7.11 Å². The number of hydrogen-bond donors (Lipinski definition) is 1. The van der Waals surface area contributed by atoms with E-state index in [1.54, 1.807) is 7.11 Å². The van der Waals surface area contributed by atoms with Crippen molar-refractivity contribution in [3.8, 4) is 11.5 Å². The van der Waals surface area contributed by atoms with E-state index < -0.39 is 0 Å². The van der Waals surface area contributed by atoms with Crippen LogP contribution in [-0.2, 0) is 6.42 Å². The van der Waals surface area contributed by atoms with Gasteiger partial charge in [-0.25, -0.2) is 0 Å². The standard InChI is InChI=1S/C10H10O3/c1-12-9-4-2-3-7-5-8(11)6-13-10(7)9/h2-4,6,11H,5H2,1H3. The molecule has 0 bridgehead atoms. The third kappa shape index (κ3) is 1.33. The molecule has 3 nitrogen and oxygen atoms in total. The van der Waals surface area contributed by atoms with Gasteiger partial charge in [-0.3, -0.25) is 0 Å². The monoisotopic (exact) mass is 178 g/mol. The van der Waals surface area contributed by atoms with Gasteiger partial charge < -0.3 is 14.6 Å². The van der Waals surface area contributed by atoms with Gasteiger partial charge in [-0.05, 0) is 6.07 Å². The van der Waals surface area contributed by atoms with Gasteiger partial charge in [0.1, 0.15) is 12.0 Å². The second-order valence-corrected chi connectivity index (χ2v) is 2.85. The van der Waals surface area contributed by atoms with Crippen molar-refractivity contribution in [2.24, 2.45) is 0 Å². The van der Waals surface area contributed by atoms with E-state index >= 15 is 0 Å². The van der Waals surface area contributed by atoms with Gasteiger partial charge in [0.25, 0.3) is 0 Å². The molecule has 3 heteroatoms. The Hall–Kier alpha value is -1.64. The van der Waals surface area contributed by atoms with E-state index in [4.69, 9.17) is 9.47 Å². The highest BCUT2D eigenvalue weighted by Gasteiger charge is 2.15. The third-order valence-corrected chi connectivity index (χ3v) is 1.96. The summed E-state index contributed by atoms with van der Waals surface area (Å²) in [6.45, 7) is 0. The Morgan fingerprint density at radius 3 is 3.08 bits per heavy atom. The lowest BCUT2D eigenvalue weighted by molar-refractivity contribution is 0.324. The number of benzene rings is 1. The Kier molecular flexibility index (Phi) is 1.85. The number of para-hydroxylation sites is 1. The van der Waals surface area contributed by atoms with Gasteiger partial charge in [0.15, 0.2) is 11.5 Å². The molecule has 1 aromatic carbocycles. The minimum absolute atomic E-state index is 0.237. The van der Waals surface area contributed by atoms with E-state index in [0.717, 1.165) is 5.56 Å². The molecule has 0 atom stereocenters. The molecule has 0 aliphatic carbocycles. The third-order valence-electron chi connectivity index (χ3n) is 1.96. The lowest BCUT2D eigenvalue weighted by Gasteiger charge is -2.16. The van der Waals surface area contributed by atoms with Crippen molar-refractivity contribution >= 4 is 0 Å². The first kappa shape index (κ1) is 7.98. The van der Waals surface area contributed by atoms with Crippen LogP contribution in [0.1, 0.15) is 5.56 Å². The molecule has 0 radical (unpaired) electrons. The minimum atomic E-state index is 0.237. The number of aliphatic hydroxyl groups is 1. The largest absolute Gasteiger partial charge is 0.509 e. The predicted octanol–water partition coefficient (Wildman–Crippen LogP) is 2.03. The maximum Gasteiger partial charge on any atom is 0.172 e. The quantitative estimate of drug-likeness (QED) is 0.715. The van der Waals surface area contributed by atoms with Crippen LogP contribution >= 0.6 is 0 Å². The molecular weight excluding hydrogens is 168 g/mol. The smallest absolute Gasteiger partial charge is 0.172 e. The van der Waals surface area contributed by atoms with Crippen LogP contribution < -0.4 is 9.47 Å².